The quantitative estimate of drug-likeness (QED) is 0.650. The fourth-order valence-electron chi connectivity index (χ4n) is 2.13. The minimum Gasteiger partial charge on any atom is -0.352 e. The Morgan fingerprint density at radius 2 is 1.09 bits per heavy atom. The smallest absolute Gasteiger partial charge is 0.251 e. The average Bonchev–Trinajstić information content (AvgIpc) is 2.55. The highest BCUT2D eigenvalue weighted by Gasteiger charge is 2.08. The summed E-state index contributed by atoms with van der Waals surface area (Å²) in [5.74, 6) is -0.156. The van der Waals surface area contributed by atoms with Gasteiger partial charge < -0.3 is 10.6 Å². The molecular formula is C18H28N2O2. The molecule has 2 amide bonds. The van der Waals surface area contributed by atoms with Gasteiger partial charge in [0.15, 0.2) is 0 Å². The number of hydrogen-bond acceptors (Lipinski definition) is 2. The first-order valence-corrected chi connectivity index (χ1v) is 8.35. The van der Waals surface area contributed by atoms with E-state index < -0.39 is 0 Å². The molecule has 1 rings (SSSR count). The van der Waals surface area contributed by atoms with E-state index >= 15 is 0 Å². The second-order valence-corrected chi connectivity index (χ2v) is 5.50. The molecule has 0 unspecified atom stereocenters. The molecule has 2 N–H and O–H groups in total. The number of amides is 2. The van der Waals surface area contributed by atoms with Gasteiger partial charge in [0.2, 0.25) is 0 Å². The molecule has 0 aliphatic carbocycles. The van der Waals surface area contributed by atoms with Crippen LogP contribution in [-0.4, -0.2) is 24.9 Å². The number of unbranched alkanes of at least 4 members (excludes halogenated alkanes) is 4. The standard InChI is InChI=1S/C18H28N2O2/c1-3-5-7-13-19-17(21)15-9-11-16(12-10-15)18(22)20-14-8-6-4-2/h9-12H,3-8,13-14H2,1-2H3,(H,19,21)(H,20,22). The lowest BCUT2D eigenvalue weighted by atomic mass is 10.1. The number of benzene rings is 1. The highest BCUT2D eigenvalue weighted by atomic mass is 16.2. The Bertz CT molecular complexity index is 412. The third-order valence-electron chi connectivity index (χ3n) is 3.54. The van der Waals surface area contributed by atoms with E-state index in [2.05, 4.69) is 24.5 Å². The topological polar surface area (TPSA) is 58.2 Å². The van der Waals surface area contributed by atoms with Crippen molar-refractivity contribution in [3.63, 3.8) is 0 Å². The van der Waals surface area contributed by atoms with Crippen LogP contribution in [0.25, 0.3) is 0 Å². The zero-order valence-corrected chi connectivity index (χ0v) is 13.8. The molecule has 0 saturated heterocycles. The van der Waals surface area contributed by atoms with Gasteiger partial charge in [-0.05, 0) is 37.1 Å². The van der Waals surface area contributed by atoms with Crippen molar-refractivity contribution in [2.75, 3.05) is 13.1 Å². The summed E-state index contributed by atoms with van der Waals surface area (Å²) in [7, 11) is 0. The molecule has 0 aromatic heterocycles. The number of rotatable bonds is 10. The molecular weight excluding hydrogens is 276 g/mol. The molecule has 4 nitrogen and oxygen atoms in total. The van der Waals surface area contributed by atoms with E-state index in [9.17, 15) is 9.59 Å². The van der Waals surface area contributed by atoms with Gasteiger partial charge in [0.25, 0.3) is 11.8 Å². The summed E-state index contributed by atoms with van der Waals surface area (Å²) in [4.78, 5) is 23.8. The van der Waals surface area contributed by atoms with Crippen LogP contribution in [0.3, 0.4) is 0 Å². The summed E-state index contributed by atoms with van der Waals surface area (Å²) in [5, 5.41) is 5.78. The van der Waals surface area contributed by atoms with Crippen LogP contribution >= 0.6 is 0 Å². The van der Waals surface area contributed by atoms with Gasteiger partial charge in [0, 0.05) is 24.2 Å². The minimum absolute atomic E-state index is 0.0778. The molecule has 0 atom stereocenters. The molecule has 0 spiro atoms. The predicted octanol–water partition coefficient (Wildman–Crippen LogP) is 3.53. The summed E-state index contributed by atoms with van der Waals surface area (Å²) in [5.41, 5.74) is 1.19. The minimum atomic E-state index is -0.0778. The van der Waals surface area contributed by atoms with Crippen molar-refractivity contribution in [3.05, 3.63) is 35.4 Å². The van der Waals surface area contributed by atoms with Crippen molar-refractivity contribution in [1.82, 2.24) is 10.6 Å². The molecule has 0 aliphatic rings. The fraction of sp³-hybridized carbons (Fsp3) is 0.556. The Kier molecular flexibility index (Phi) is 8.96. The maximum atomic E-state index is 11.9. The summed E-state index contributed by atoms with van der Waals surface area (Å²) in [6.07, 6.45) is 6.52. The monoisotopic (exact) mass is 304 g/mol. The normalized spacial score (nSPS) is 10.3. The highest BCUT2D eigenvalue weighted by molar-refractivity contribution is 5.97. The van der Waals surface area contributed by atoms with Gasteiger partial charge in [-0.3, -0.25) is 9.59 Å². The molecule has 0 heterocycles. The second-order valence-electron chi connectivity index (χ2n) is 5.50. The lowest BCUT2D eigenvalue weighted by Crippen LogP contribution is -2.26. The first-order valence-electron chi connectivity index (χ1n) is 8.35. The zero-order chi connectivity index (χ0) is 16.2. The molecule has 0 saturated carbocycles. The molecule has 0 radical (unpaired) electrons. The molecule has 0 fully saturated rings. The van der Waals surface area contributed by atoms with Gasteiger partial charge in [-0.15, -0.1) is 0 Å². The molecule has 4 heteroatoms. The van der Waals surface area contributed by atoms with Gasteiger partial charge >= 0.3 is 0 Å². The Balaban J connectivity index is 2.41. The summed E-state index contributed by atoms with van der Waals surface area (Å²) in [6.45, 7) is 5.67. The molecule has 22 heavy (non-hydrogen) atoms. The van der Waals surface area contributed by atoms with Crippen molar-refractivity contribution in [2.24, 2.45) is 0 Å². The van der Waals surface area contributed by atoms with Gasteiger partial charge in [-0.1, -0.05) is 39.5 Å². The molecule has 0 aliphatic heterocycles. The second kappa shape index (κ2) is 10.8. The van der Waals surface area contributed by atoms with Gasteiger partial charge in [-0.25, -0.2) is 0 Å². The third-order valence-corrected chi connectivity index (χ3v) is 3.54. The van der Waals surface area contributed by atoms with Crippen molar-refractivity contribution in [3.8, 4) is 0 Å². The van der Waals surface area contributed by atoms with Crippen LogP contribution in [0.1, 0.15) is 73.1 Å². The van der Waals surface area contributed by atoms with Crippen molar-refractivity contribution >= 4 is 11.8 Å². The summed E-state index contributed by atoms with van der Waals surface area (Å²) < 4.78 is 0. The van der Waals surface area contributed by atoms with Crippen LogP contribution in [0.15, 0.2) is 24.3 Å². The molecule has 1 aromatic carbocycles. The Morgan fingerprint density at radius 1 is 0.727 bits per heavy atom. The Labute approximate surface area is 133 Å². The SMILES string of the molecule is CCCCCNC(=O)c1ccc(C(=O)NCCCCC)cc1. The Morgan fingerprint density at radius 3 is 1.41 bits per heavy atom. The predicted molar refractivity (Wildman–Crippen MR) is 90.2 cm³/mol. The fourth-order valence-corrected chi connectivity index (χ4v) is 2.13. The summed E-state index contributed by atoms with van der Waals surface area (Å²) in [6, 6.07) is 6.82. The lowest BCUT2D eigenvalue weighted by molar-refractivity contribution is 0.0941. The number of carbonyl (C=O) groups excluding carboxylic acids is 2. The van der Waals surface area contributed by atoms with E-state index in [0.29, 0.717) is 24.2 Å². The highest BCUT2D eigenvalue weighted by Crippen LogP contribution is 2.05. The van der Waals surface area contributed by atoms with Crippen LogP contribution in [-0.2, 0) is 0 Å². The van der Waals surface area contributed by atoms with E-state index in [1.54, 1.807) is 24.3 Å². The van der Waals surface area contributed by atoms with Crippen LogP contribution < -0.4 is 10.6 Å². The largest absolute Gasteiger partial charge is 0.352 e. The molecule has 122 valence electrons. The number of carbonyl (C=O) groups is 2. The first-order chi connectivity index (χ1) is 10.7. The molecule has 0 bridgehead atoms. The van der Waals surface area contributed by atoms with Crippen molar-refractivity contribution < 1.29 is 9.59 Å². The van der Waals surface area contributed by atoms with Crippen LogP contribution in [0.2, 0.25) is 0 Å². The number of nitrogens with one attached hydrogen (secondary N) is 2. The zero-order valence-electron chi connectivity index (χ0n) is 13.8. The van der Waals surface area contributed by atoms with E-state index in [4.69, 9.17) is 0 Å². The van der Waals surface area contributed by atoms with Gasteiger partial charge in [-0.2, -0.15) is 0 Å². The summed E-state index contributed by atoms with van der Waals surface area (Å²) >= 11 is 0. The lowest BCUT2D eigenvalue weighted by Gasteiger charge is -2.07. The average molecular weight is 304 g/mol. The van der Waals surface area contributed by atoms with Crippen LogP contribution in [0.4, 0.5) is 0 Å². The molecule has 1 aromatic rings. The van der Waals surface area contributed by atoms with Crippen molar-refractivity contribution in [2.45, 2.75) is 52.4 Å². The first kappa shape index (κ1) is 18.2. The third kappa shape index (κ3) is 6.74. The Hall–Kier alpha value is -1.84. The van der Waals surface area contributed by atoms with E-state index in [-0.39, 0.29) is 11.8 Å². The van der Waals surface area contributed by atoms with E-state index in [0.717, 1.165) is 38.5 Å². The van der Waals surface area contributed by atoms with Crippen molar-refractivity contribution in [1.29, 1.82) is 0 Å². The van der Waals surface area contributed by atoms with Gasteiger partial charge in [0.1, 0.15) is 0 Å². The number of hydrogen-bond donors (Lipinski definition) is 2. The van der Waals surface area contributed by atoms with E-state index in [1.165, 1.54) is 0 Å². The van der Waals surface area contributed by atoms with E-state index in [1.807, 2.05) is 0 Å². The van der Waals surface area contributed by atoms with Crippen LogP contribution in [0.5, 0.6) is 0 Å². The van der Waals surface area contributed by atoms with Gasteiger partial charge in [0.05, 0.1) is 0 Å². The maximum Gasteiger partial charge on any atom is 0.251 e. The van der Waals surface area contributed by atoms with Crippen LogP contribution in [0, 0.1) is 0 Å². The maximum absolute atomic E-state index is 11.9.